The van der Waals surface area contributed by atoms with Gasteiger partial charge in [0.15, 0.2) is 6.10 Å². The molecule has 1 aliphatic rings. The monoisotopic (exact) mass is 408 g/mol. The highest BCUT2D eigenvalue weighted by Crippen LogP contribution is 2.36. The van der Waals surface area contributed by atoms with E-state index in [4.69, 9.17) is 16.3 Å². The second-order valence-electron chi connectivity index (χ2n) is 6.48. The third-order valence-corrected chi connectivity index (χ3v) is 5.82. The number of hydrogen-bond acceptors (Lipinski definition) is 4. The smallest absolute Gasteiger partial charge is 0.261 e. The number of benzene rings is 2. The predicted molar refractivity (Wildman–Crippen MR) is 106 cm³/mol. The normalized spacial score (nSPS) is 18.0. The summed E-state index contributed by atoms with van der Waals surface area (Å²) >= 11 is 6.02. The Bertz CT molecular complexity index is 934. The molecule has 27 heavy (non-hydrogen) atoms. The molecule has 0 fully saturated rings. The summed E-state index contributed by atoms with van der Waals surface area (Å²) in [5.74, 6) is 0.0254. The number of carbonyl (C=O) groups is 1. The van der Waals surface area contributed by atoms with Crippen molar-refractivity contribution in [1.29, 1.82) is 0 Å². The Labute approximate surface area is 164 Å². The number of rotatable bonds is 4. The zero-order valence-corrected chi connectivity index (χ0v) is 16.6. The number of fused-ring (bicyclic) bond motifs is 1. The quantitative estimate of drug-likeness (QED) is 0.843. The summed E-state index contributed by atoms with van der Waals surface area (Å²) in [5, 5.41) is 3.33. The summed E-state index contributed by atoms with van der Waals surface area (Å²) in [5.41, 5.74) is 1.32. The van der Waals surface area contributed by atoms with Gasteiger partial charge in [0.2, 0.25) is 10.0 Å². The molecule has 0 saturated carbocycles. The van der Waals surface area contributed by atoms with Crippen molar-refractivity contribution in [2.45, 2.75) is 25.5 Å². The average molecular weight is 409 g/mol. The molecule has 3 rings (SSSR count). The van der Waals surface area contributed by atoms with Crippen LogP contribution in [0.4, 0.5) is 5.69 Å². The number of anilines is 1. The van der Waals surface area contributed by atoms with Crippen LogP contribution in [-0.2, 0) is 14.8 Å². The van der Waals surface area contributed by atoms with Gasteiger partial charge in [-0.1, -0.05) is 41.9 Å². The molecule has 144 valence electrons. The van der Waals surface area contributed by atoms with Crippen LogP contribution < -0.4 is 14.4 Å². The highest BCUT2D eigenvalue weighted by atomic mass is 35.5. The van der Waals surface area contributed by atoms with Gasteiger partial charge >= 0.3 is 0 Å². The maximum Gasteiger partial charge on any atom is 0.261 e. The van der Waals surface area contributed by atoms with Gasteiger partial charge < -0.3 is 10.1 Å². The van der Waals surface area contributed by atoms with Crippen LogP contribution in [0, 0.1) is 0 Å². The fourth-order valence-electron chi connectivity index (χ4n) is 3.01. The standard InChI is InChI=1S/C19H21ClN2O4S/c1-13(14-6-4-3-5-7-14)21-19(23)18-10-11-22(27(2,24)25)16-12-15(20)8-9-17(16)26-18/h3-9,12-13,18H,10-11H2,1-2H3,(H,21,23). The highest BCUT2D eigenvalue weighted by Gasteiger charge is 2.31. The van der Waals surface area contributed by atoms with E-state index < -0.39 is 16.1 Å². The van der Waals surface area contributed by atoms with Gasteiger partial charge in [0.05, 0.1) is 18.0 Å². The summed E-state index contributed by atoms with van der Waals surface area (Å²) in [4.78, 5) is 12.7. The Morgan fingerprint density at radius 3 is 2.63 bits per heavy atom. The van der Waals surface area contributed by atoms with Crippen molar-refractivity contribution >= 4 is 33.2 Å². The van der Waals surface area contributed by atoms with Crippen molar-refractivity contribution in [3.63, 3.8) is 0 Å². The fraction of sp³-hybridized carbons (Fsp3) is 0.316. The van der Waals surface area contributed by atoms with Crippen molar-refractivity contribution in [2.75, 3.05) is 17.1 Å². The highest BCUT2D eigenvalue weighted by molar-refractivity contribution is 7.92. The van der Waals surface area contributed by atoms with Crippen molar-refractivity contribution in [3.8, 4) is 5.75 Å². The first-order valence-electron chi connectivity index (χ1n) is 8.55. The van der Waals surface area contributed by atoms with E-state index in [1.165, 1.54) is 10.4 Å². The number of amides is 1. The number of halogens is 1. The van der Waals surface area contributed by atoms with Crippen LogP contribution in [0.25, 0.3) is 0 Å². The van der Waals surface area contributed by atoms with Gasteiger partial charge in [0.1, 0.15) is 5.75 Å². The molecule has 2 aromatic rings. The van der Waals surface area contributed by atoms with E-state index in [9.17, 15) is 13.2 Å². The Hall–Kier alpha value is -2.25. The first-order valence-corrected chi connectivity index (χ1v) is 10.8. The number of ether oxygens (including phenoxy) is 1. The molecule has 0 radical (unpaired) electrons. The van der Waals surface area contributed by atoms with Crippen molar-refractivity contribution in [2.24, 2.45) is 0 Å². The Kier molecular flexibility index (Phi) is 5.62. The SMILES string of the molecule is CC(NC(=O)C1CCN(S(C)(=O)=O)c2cc(Cl)ccc2O1)c1ccccc1. The first-order chi connectivity index (χ1) is 12.8. The summed E-state index contributed by atoms with van der Waals surface area (Å²) in [6, 6.07) is 14.1. The van der Waals surface area contributed by atoms with Crippen LogP contribution in [0.5, 0.6) is 5.75 Å². The summed E-state index contributed by atoms with van der Waals surface area (Å²) < 4.78 is 31.4. The molecule has 0 saturated heterocycles. The Morgan fingerprint density at radius 2 is 1.96 bits per heavy atom. The molecular formula is C19H21ClN2O4S. The molecule has 2 atom stereocenters. The van der Waals surface area contributed by atoms with Crippen LogP contribution in [0.15, 0.2) is 48.5 Å². The molecule has 1 N–H and O–H groups in total. The number of carbonyl (C=O) groups excluding carboxylic acids is 1. The van der Waals surface area contributed by atoms with E-state index in [2.05, 4.69) is 5.32 Å². The van der Waals surface area contributed by atoms with Gasteiger partial charge in [-0.25, -0.2) is 8.42 Å². The molecule has 8 heteroatoms. The van der Waals surface area contributed by atoms with Gasteiger partial charge in [-0.05, 0) is 30.7 Å². The third-order valence-electron chi connectivity index (χ3n) is 4.40. The zero-order chi connectivity index (χ0) is 19.6. The second-order valence-corrected chi connectivity index (χ2v) is 8.83. The van der Waals surface area contributed by atoms with Gasteiger partial charge in [-0.15, -0.1) is 0 Å². The summed E-state index contributed by atoms with van der Waals surface area (Å²) in [6.07, 6.45) is 0.547. The molecule has 0 aliphatic carbocycles. The van der Waals surface area contributed by atoms with Crippen LogP contribution in [-0.4, -0.2) is 33.2 Å². The molecule has 1 amide bonds. The van der Waals surface area contributed by atoms with E-state index in [-0.39, 0.29) is 24.9 Å². The summed E-state index contributed by atoms with van der Waals surface area (Å²) in [7, 11) is -3.53. The first kappa shape index (κ1) is 19.5. The van der Waals surface area contributed by atoms with Gasteiger partial charge in [-0.3, -0.25) is 9.10 Å². The van der Waals surface area contributed by atoms with E-state index in [1.54, 1.807) is 12.1 Å². The van der Waals surface area contributed by atoms with E-state index in [0.29, 0.717) is 16.5 Å². The summed E-state index contributed by atoms with van der Waals surface area (Å²) in [6.45, 7) is 2.02. The maximum atomic E-state index is 12.7. The third kappa shape index (κ3) is 4.54. The average Bonchev–Trinajstić information content (AvgIpc) is 2.81. The Balaban J connectivity index is 1.82. The molecule has 6 nitrogen and oxygen atoms in total. The van der Waals surface area contributed by atoms with Crippen LogP contribution >= 0.6 is 11.6 Å². The molecule has 0 spiro atoms. The van der Waals surface area contributed by atoms with Crippen LogP contribution in [0.3, 0.4) is 0 Å². The van der Waals surface area contributed by atoms with Crippen LogP contribution in [0.2, 0.25) is 5.02 Å². The molecule has 1 aliphatic heterocycles. The zero-order valence-electron chi connectivity index (χ0n) is 15.1. The lowest BCUT2D eigenvalue weighted by molar-refractivity contribution is -0.128. The predicted octanol–water partition coefficient (Wildman–Crippen LogP) is 3.13. The van der Waals surface area contributed by atoms with Gasteiger partial charge in [0, 0.05) is 18.0 Å². The number of sulfonamides is 1. The minimum atomic E-state index is -3.53. The molecule has 0 bridgehead atoms. The topological polar surface area (TPSA) is 75.7 Å². The van der Waals surface area contributed by atoms with Gasteiger partial charge in [-0.2, -0.15) is 0 Å². The van der Waals surface area contributed by atoms with E-state index in [1.807, 2.05) is 37.3 Å². The second kappa shape index (κ2) is 7.78. The van der Waals surface area contributed by atoms with Gasteiger partial charge in [0.25, 0.3) is 5.91 Å². The van der Waals surface area contributed by atoms with Crippen molar-refractivity contribution in [3.05, 3.63) is 59.1 Å². The lowest BCUT2D eigenvalue weighted by atomic mass is 10.1. The number of hydrogen-bond donors (Lipinski definition) is 1. The molecule has 2 unspecified atom stereocenters. The van der Waals surface area contributed by atoms with Crippen LogP contribution in [0.1, 0.15) is 24.9 Å². The van der Waals surface area contributed by atoms with Crippen molar-refractivity contribution < 1.29 is 17.9 Å². The number of nitrogens with one attached hydrogen (secondary N) is 1. The van der Waals surface area contributed by atoms with E-state index >= 15 is 0 Å². The lowest BCUT2D eigenvalue weighted by Gasteiger charge is -2.21. The molecule has 0 aromatic heterocycles. The largest absolute Gasteiger partial charge is 0.478 e. The lowest BCUT2D eigenvalue weighted by Crippen LogP contribution is -2.40. The molecule has 2 aromatic carbocycles. The number of nitrogens with zero attached hydrogens (tertiary/aromatic N) is 1. The molecular weight excluding hydrogens is 388 g/mol. The molecule has 1 heterocycles. The minimum Gasteiger partial charge on any atom is -0.478 e. The minimum absolute atomic E-state index is 0.129. The Morgan fingerprint density at radius 1 is 1.26 bits per heavy atom. The maximum absolute atomic E-state index is 12.7. The van der Waals surface area contributed by atoms with Crippen molar-refractivity contribution in [1.82, 2.24) is 5.32 Å². The van der Waals surface area contributed by atoms with E-state index in [0.717, 1.165) is 11.8 Å². The fourth-order valence-corrected chi connectivity index (χ4v) is 4.12.